The Hall–Kier alpha value is -6.53. The molecule has 0 radical (unpaired) electrons. The van der Waals surface area contributed by atoms with Gasteiger partial charge in [-0.1, -0.05) is 206 Å². The van der Waals surface area contributed by atoms with E-state index in [0.717, 1.165) is 43.7 Å². The van der Waals surface area contributed by atoms with Crippen LogP contribution < -0.4 is 15.9 Å². The van der Waals surface area contributed by atoms with Gasteiger partial charge in [0, 0.05) is 15.9 Å². The average molecular weight is 707 g/mol. The minimum absolute atomic E-state index is 0.812. The van der Waals surface area contributed by atoms with Crippen molar-refractivity contribution in [2.45, 2.75) is 0 Å². The Labute approximate surface area is 315 Å². The quantitative estimate of drug-likeness (QED) is 0.0956. The first-order chi connectivity index (χ1) is 26.6. The number of benzene rings is 10. The Morgan fingerprint density at radius 1 is 0.259 bits per heavy atom. The van der Waals surface area contributed by atoms with E-state index in [1.807, 2.05) is 36.4 Å². The van der Waals surface area contributed by atoms with Gasteiger partial charge in [0.25, 0.3) is 0 Å². The third-order valence-electron chi connectivity index (χ3n) is 11.0. The van der Waals surface area contributed by atoms with Crippen molar-refractivity contribution in [3.8, 4) is 33.4 Å². The molecule has 0 N–H and O–H groups in total. The van der Waals surface area contributed by atoms with Crippen LogP contribution in [0, 0.1) is 0 Å². The Morgan fingerprint density at radius 2 is 0.611 bits per heavy atom. The largest absolute Gasteiger partial charge is 0.309 e. The zero-order valence-electron chi connectivity index (χ0n) is 29.6. The Kier molecular flexibility index (Phi) is 7.83. The Balaban J connectivity index is 1.15. The lowest BCUT2D eigenvalue weighted by molar-refractivity contribution is 0.592. The van der Waals surface area contributed by atoms with Crippen LogP contribution in [-0.4, -0.2) is 0 Å². The highest BCUT2D eigenvalue weighted by Gasteiger charge is 2.30. The fourth-order valence-corrected chi connectivity index (χ4v) is 10.8. The summed E-state index contributed by atoms with van der Waals surface area (Å²) in [4.78, 5) is 0. The van der Waals surface area contributed by atoms with Crippen molar-refractivity contribution in [1.29, 1.82) is 0 Å². The van der Waals surface area contributed by atoms with Crippen LogP contribution in [0.15, 0.2) is 212 Å². The summed E-state index contributed by atoms with van der Waals surface area (Å²) in [7, 11) is -3.27. The molecule has 0 atom stereocenters. The minimum Gasteiger partial charge on any atom is -0.309 e. The van der Waals surface area contributed by atoms with Crippen LogP contribution >= 0.6 is 7.14 Å². The van der Waals surface area contributed by atoms with Gasteiger partial charge in [-0.25, -0.2) is 0 Å². The molecular weight excluding hydrogens is 672 g/mol. The van der Waals surface area contributed by atoms with Crippen LogP contribution in [0.5, 0.6) is 0 Å². The van der Waals surface area contributed by atoms with E-state index in [2.05, 4.69) is 176 Å². The molecule has 0 aliphatic heterocycles. The van der Waals surface area contributed by atoms with Gasteiger partial charge in [-0.2, -0.15) is 0 Å². The summed E-state index contributed by atoms with van der Waals surface area (Å²) in [5.74, 6) is 0. The van der Waals surface area contributed by atoms with E-state index in [1.165, 1.54) is 48.7 Å². The van der Waals surface area contributed by atoms with Crippen LogP contribution in [0.4, 0.5) is 0 Å². The van der Waals surface area contributed by atoms with Gasteiger partial charge in [-0.3, -0.25) is 0 Å². The Morgan fingerprint density at radius 3 is 1.04 bits per heavy atom. The molecule has 2 heteroatoms. The van der Waals surface area contributed by atoms with E-state index >= 15 is 4.57 Å². The van der Waals surface area contributed by atoms with Crippen LogP contribution in [0.2, 0.25) is 0 Å². The van der Waals surface area contributed by atoms with Crippen molar-refractivity contribution in [3.05, 3.63) is 212 Å². The standard InChI is InChI=1S/C52H35OP/c53-54(43-27-19-38(20-28-43)36-11-3-1-4-12-36,44-29-21-39(22-30-44)37-13-5-2-6-14-37)45-31-23-42(24-32-45)52-48-33-25-40-15-7-9-17-46(40)50(48)35-51-47-18-10-8-16-41(47)26-34-49(51)52/h1-35H. The smallest absolute Gasteiger partial charge is 0.171 e. The van der Waals surface area contributed by atoms with Crippen LogP contribution in [0.3, 0.4) is 0 Å². The molecule has 0 heterocycles. The molecule has 0 spiro atoms. The van der Waals surface area contributed by atoms with E-state index in [-0.39, 0.29) is 0 Å². The van der Waals surface area contributed by atoms with Gasteiger partial charge >= 0.3 is 0 Å². The second kappa shape index (κ2) is 13.2. The second-order valence-corrected chi connectivity index (χ2v) is 16.8. The third kappa shape index (κ3) is 5.36. The molecule has 0 saturated heterocycles. The van der Waals surface area contributed by atoms with Gasteiger partial charge in [-0.05, 0) is 82.5 Å². The summed E-state index contributed by atoms with van der Waals surface area (Å²) in [6, 6.07) is 74.5. The van der Waals surface area contributed by atoms with Crippen LogP contribution in [0.1, 0.15) is 0 Å². The van der Waals surface area contributed by atoms with E-state index < -0.39 is 7.14 Å². The molecule has 254 valence electrons. The van der Waals surface area contributed by atoms with E-state index in [9.17, 15) is 0 Å². The van der Waals surface area contributed by atoms with Crippen molar-refractivity contribution in [2.75, 3.05) is 0 Å². The molecule has 0 fully saturated rings. The normalized spacial score (nSPS) is 11.8. The lowest BCUT2D eigenvalue weighted by Crippen LogP contribution is -2.25. The highest BCUT2D eigenvalue weighted by atomic mass is 31.2. The molecule has 10 aromatic rings. The molecule has 0 aliphatic carbocycles. The fourth-order valence-electron chi connectivity index (χ4n) is 8.21. The summed E-state index contributed by atoms with van der Waals surface area (Å²) in [6.07, 6.45) is 0. The van der Waals surface area contributed by atoms with Crippen LogP contribution in [0.25, 0.3) is 76.5 Å². The zero-order valence-corrected chi connectivity index (χ0v) is 30.5. The van der Waals surface area contributed by atoms with Gasteiger partial charge in [0.2, 0.25) is 0 Å². The lowest BCUT2D eigenvalue weighted by atomic mass is 9.88. The highest BCUT2D eigenvalue weighted by Crippen LogP contribution is 2.45. The first-order valence-corrected chi connectivity index (χ1v) is 20.1. The zero-order chi connectivity index (χ0) is 36.1. The maximum absolute atomic E-state index is 15.9. The Bertz CT molecular complexity index is 2840. The minimum atomic E-state index is -3.27. The highest BCUT2D eigenvalue weighted by molar-refractivity contribution is 7.85. The first kappa shape index (κ1) is 32.1. The summed E-state index contributed by atoms with van der Waals surface area (Å²) in [6.45, 7) is 0. The molecular formula is C52H35OP. The molecule has 0 aliphatic rings. The summed E-state index contributed by atoms with van der Waals surface area (Å²) >= 11 is 0. The SMILES string of the molecule is O=P(c1ccc(-c2ccccc2)cc1)(c1ccc(-c2ccccc2)cc1)c1ccc(-c2c3ccc4ccccc4c3cc3c2ccc2ccccc23)cc1. The molecule has 0 bridgehead atoms. The van der Waals surface area contributed by atoms with Crippen molar-refractivity contribution < 1.29 is 4.57 Å². The lowest BCUT2D eigenvalue weighted by Gasteiger charge is -2.22. The average Bonchev–Trinajstić information content (AvgIpc) is 3.26. The molecule has 0 unspecified atom stereocenters. The van der Waals surface area contributed by atoms with Gasteiger partial charge in [0.1, 0.15) is 0 Å². The maximum Gasteiger partial charge on any atom is 0.171 e. The topological polar surface area (TPSA) is 17.1 Å². The van der Waals surface area contributed by atoms with E-state index in [0.29, 0.717) is 0 Å². The number of hydrogen-bond acceptors (Lipinski definition) is 1. The summed E-state index contributed by atoms with van der Waals surface area (Å²) in [5.41, 5.74) is 6.77. The molecule has 0 saturated carbocycles. The summed E-state index contributed by atoms with van der Waals surface area (Å²) < 4.78 is 15.9. The van der Waals surface area contributed by atoms with E-state index in [1.54, 1.807) is 0 Å². The van der Waals surface area contributed by atoms with Gasteiger partial charge in [0.15, 0.2) is 7.14 Å². The maximum atomic E-state index is 15.9. The van der Waals surface area contributed by atoms with Crippen LogP contribution in [-0.2, 0) is 4.57 Å². The van der Waals surface area contributed by atoms with Crippen molar-refractivity contribution in [2.24, 2.45) is 0 Å². The molecule has 0 aromatic heterocycles. The monoisotopic (exact) mass is 706 g/mol. The van der Waals surface area contributed by atoms with Gasteiger partial charge in [0.05, 0.1) is 0 Å². The van der Waals surface area contributed by atoms with E-state index in [4.69, 9.17) is 0 Å². The number of fused-ring (bicyclic) bond motifs is 6. The van der Waals surface area contributed by atoms with Crippen molar-refractivity contribution >= 4 is 66.1 Å². The molecule has 0 amide bonds. The predicted octanol–water partition coefficient (Wildman–Crippen LogP) is 12.9. The molecule has 10 aromatic carbocycles. The third-order valence-corrected chi connectivity index (χ3v) is 14.0. The number of rotatable bonds is 6. The van der Waals surface area contributed by atoms with Crippen molar-refractivity contribution in [1.82, 2.24) is 0 Å². The van der Waals surface area contributed by atoms with Gasteiger partial charge in [-0.15, -0.1) is 0 Å². The first-order valence-electron chi connectivity index (χ1n) is 18.4. The molecule has 54 heavy (non-hydrogen) atoms. The van der Waals surface area contributed by atoms with Crippen molar-refractivity contribution in [3.63, 3.8) is 0 Å². The molecule has 1 nitrogen and oxygen atoms in total. The number of hydrogen-bond donors (Lipinski definition) is 0. The summed E-state index contributed by atoms with van der Waals surface area (Å²) in [5, 5.41) is 12.3. The predicted molar refractivity (Wildman–Crippen MR) is 232 cm³/mol. The second-order valence-electron chi connectivity index (χ2n) is 14.0. The fraction of sp³-hybridized carbons (Fsp3) is 0. The van der Waals surface area contributed by atoms with Gasteiger partial charge < -0.3 is 4.57 Å². The molecule has 10 rings (SSSR count).